The molecule has 0 saturated heterocycles. The van der Waals surface area contributed by atoms with Crippen molar-refractivity contribution in [2.75, 3.05) is 18.0 Å². The highest BCUT2D eigenvalue weighted by Gasteiger charge is 2.28. The molecule has 0 N–H and O–H groups in total. The molecule has 0 bridgehead atoms. The summed E-state index contributed by atoms with van der Waals surface area (Å²) in [7, 11) is 0. The molecule has 2 aromatic rings. The van der Waals surface area contributed by atoms with Crippen molar-refractivity contribution in [3.8, 4) is 0 Å². The number of carbonyl (C=O) groups excluding carboxylic acids is 1. The Hall–Kier alpha value is -2.04. The highest BCUT2D eigenvalue weighted by atomic mass is 16.1. The van der Waals surface area contributed by atoms with Gasteiger partial charge in [-0.25, -0.2) is 15.0 Å². The number of anilines is 1. The van der Waals surface area contributed by atoms with Crippen molar-refractivity contribution in [1.29, 1.82) is 0 Å². The van der Waals surface area contributed by atoms with E-state index >= 15 is 0 Å². The van der Waals surface area contributed by atoms with Crippen LogP contribution < -0.4 is 4.90 Å². The van der Waals surface area contributed by atoms with Crippen molar-refractivity contribution in [3.63, 3.8) is 0 Å². The number of Topliss-reactive ketones (excluding diaryl/α,β-unsaturated/α-hetero) is 1. The predicted molar refractivity (Wildman–Crippen MR) is 101 cm³/mol. The molecule has 0 spiro atoms. The van der Waals surface area contributed by atoms with Crippen molar-refractivity contribution in [3.05, 3.63) is 23.3 Å². The van der Waals surface area contributed by atoms with Gasteiger partial charge in [0.2, 0.25) is 5.78 Å². The molecule has 2 aromatic heterocycles. The maximum atomic E-state index is 12.3. The van der Waals surface area contributed by atoms with Crippen LogP contribution in [0.2, 0.25) is 0 Å². The first-order valence-corrected chi connectivity index (χ1v) is 9.04. The number of unbranched alkanes of at least 4 members (excludes halogenated alkanes) is 1. The molecule has 3 rings (SSSR count). The number of carbonyl (C=O) groups is 1. The van der Waals surface area contributed by atoms with Crippen LogP contribution in [0.15, 0.2) is 6.07 Å². The molecule has 5 nitrogen and oxygen atoms in total. The predicted octanol–water partition coefficient (Wildman–Crippen LogP) is 4.50. The maximum Gasteiger partial charge on any atom is 0.201 e. The molecule has 1 aliphatic rings. The quantitative estimate of drug-likeness (QED) is 0.829. The van der Waals surface area contributed by atoms with E-state index < -0.39 is 0 Å². The molecular formula is C19H30N4O. The molecule has 24 heavy (non-hydrogen) atoms. The lowest BCUT2D eigenvalue weighted by Crippen LogP contribution is -2.36. The van der Waals surface area contributed by atoms with E-state index in [-0.39, 0.29) is 5.78 Å². The molecule has 0 unspecified atom stereocenters. The summed E-state index contributed by atoms with van der Waals surface area (Å²) < 4.78 is 0. The molecular weight excluding hydrogens is 300 g/mol. The number of hydrogen-bond donors (Lipinski definition) is 0. The molecule has 3 heterocycles. The topological polar surface area (TPSA) is 59.0 Å². The van der Waals surface area contributed by atoms with Gasteiger partial charge >= 0.3 is 0 Å². The van der Waals surface area contributed by atoms with E-state index in [1.165, 1.54) is 0 Å². The van der Waals surface area contributed by atoms with Crippen LogP contribution in [0.4, 0.5) is 5.82 Å². The summed E-state index contributed by atoms with van der Waals surface area (Å²) in [5, 5.41) is 0.813. The summed E-state index contributed by atoms with van der Waals surface area (Å²) in [5.74, 6) is 1.66. The fraction of sp³-hybridized carbons (Fsp3) is 0.579. The van der Waals surface area contributed by atoms with E-state index in [0.29, 0.717) is 12.2 Å². The Morgan fingerprint density at radius 2 is 1.75 bits per heavy atom. The summed E-state index contributed by atoms with van der Waals surface area (Å²) in [6.45, 7) is 15.1. The largest absolute Gasteiger partial charge is 0.348 e. The van der Waals surface area contributed by atoms with E-state index in [0.717, 1.165) is 47.6 Å². The minimum atomic E-state index is 0.0646. The van der Waals surface area contributed by atoms with Gasteiger partial charge in [-0.15, -0.1) is 0 Å². The van der Waals surface area contributed by atoms with Crippen LogP contribution in [-0.2, 0) is 0 Å². The smallest absolute Gasteiger partial charge is 0.201 e. The van der Waals surface area contributed by atoms with Crippen molar-refractivity contribution in [2.24, 2.45) is 0 Å². The van der Waals surface area contributed by atoms with E-state index in [2.05, 4.69) is 26.8 Å². The van der Waals surface area contributed by atoms with Gasteiger partial charge in [0.15, 0.2) is 0 Å². The van der Waals surface area contributed by atoms with Crippen LogP contribution >= 0.6 is 0 Å². The summed E-state index contributed by atoms with van der Waals surface area (Å²) >= 11 is 0. The Bertz CT molecular complexity index is 692. The van der Waals surface area contributed by atoms with Crippen molar-refractivity contribution in [2.45, 2.75) is 61.3 Å². The highest BCUT2D eigenvalue weighted by Crippen LogP contribution is 2.31. The first kappa shape index (κ1) is 20.0. The Labute approximate surface area is 145 Å². The summed E-state index contributed by atoms with van der Waals surface area (Å²) in [6.07, 6.45) is 2.14. The molecule has 0 radical (unpaired) electrons. The Balaban J connectivity index is 0.000000671. The minimum absolute atomic E-state index is 0.0646. The van der Waals surface area contributed by atoms with Gasteiger partial charge < -0.3 is 4.90 Å². The SMILES string of the molecule is CC.CC.CCCCN1CC(=O)c2nc(C)cc3nc(C)nc1c23. The lowest BCUT2D eigenvalue weighted by molar-refractivity contribution is 0.0993. The van der Waals surface area contributed by atoms with Gasteiger partial charge in [-0.2, -0.15) is 0 Å². The van der Waals surface area contributed by atoms with Crippen LogP contribution in [-0.4, -0.2) is 33.8 Å². The third-order valence-electron chi connectivity index (χ3n) is 3.58. The second kappa shape index (κ2) is 9.30. The molecule has 0 aromatic carbocycles. The van der Waals surface area contributed by atoms with E-state index in [1.54, 1.807) is 0 Å². The number of ketones is 1. The molecule has 5 heteroatoms. The standard InChI is InChI=1S/C15H18N4O.2C2H6/c1-4-5-6-19-8-12(20)14-13-11(7-9(2)16-14)17-10(3)18-15(13)19;2*1-2/h7H,4-6,8H2,1-3H3;2*1-2H3. The molecule has 1 aliphatic heterocycles. The van der Waals surface area contributed by atoms with Gasteiger partial charge in [0.1, 0.15) is 17.3 Å². The van der Waals surface area contributed by atoms with Crippen LogP contribution in [0.25, 0.3) is 10.9 Å². The molecule has 132 valence electrons. The van der Waals surface area contributed by atoms with E-state index in [1.807, 2.05) is 47.6 Å². The third kappa shape index (κ3) is 4.08. The number of nitrogens with zero attached hydrogens (tertiary/aromatic N) is 4. The number of rotatable bonds is 3. The van der Waals surface area contributed by atoms with Crippen LogP contribution in [0.5, 0.6) is 0 Å². The van der Waals surface area contributed by atoms with Crippen LogP contribution in [0.3, 0.4) is 0 Å². The molecule has 0 saturated carbocycles. The summed E-state index contributed by atoms with van der Waals surface area (Å²) in [5.41, 5.74) is 2.18. The number of hydrogen-bond acceptors (Lipinski definition) is 5. The lowest BCUT2D eigenvalue weighted by atomic mass is 10.0. The Morgan fingerprint density at radius 3 is 2.38 bits per heavy atom. The van der Waals surface area contributed by atoms with E-state index in [9.17, 15) is 4.79 Å². The zero-order chi connectivity index (χ0) is 18.3. The second-order valence-corrected chi connectivity index (χ2v) is 5.30. The van der Waals surface area contributed by atoms with Gasteiger partial charge in [-0.1, -0.05) is 41.0 Å². The number of pyridine rings is 1. The van der Waals surface area contributed by atoms with Crippen LogP contribution in [0.1, 0.15) is 69.5 Å². The first-order chi connectivity index (χ1) is 11.6. The van der Waals surface area contributed by atoms with Gasteiger partial charge in [0.05, 0.1) is 17.4 Å². The minimum Gasteiger partial charge on any atom is -0.348 e. The molecule has 0 fully saturated rings. The molecule has 0 amide bonds. The molecule has 0 atom stereocenters. The lowest BCUT2D eigenvalue weighted by Gasteiger charge is -2.28. The van der Waals surface area contributed by atoms with Gasteiger partial charge in [0.25, 0.3) is 0 Å². The first-order valence-electron chi connectivity index (χ1n) is 9.04. The Kier molecular flexibility index (Phi) is 7.75. The van der Waals surface area contributed by atoms with Gasteiger partial charge in [-0.3, -0.25) is 4.79 Å². The number of aryl methyl sites for hydroxylation is 2. The van der Waals surface area contributed by atoms with Crippen LogP contribution in [0, 0.1) is 13.8 Å². The second-order valence-electron chi connectivity index (χ2n) is 5.30. The normalized spacial score (nSPS) is 12.3. The summed E-state index contributed by atoms with van der Waals surface area (Å²) in [4.78, 5) is 27.8. The maximum absolute atomic E-state index is 12.3. The van der Waals surface area contributed by atoms with Crippen molar-refractivity contribution >= 4 is 22.5 Å². The van der Waals surface area contributed by atoms with Gasteiger partial charge in [-0.05, 0) is 26.3 Å². The van der Waals surface area contributed by atoms with Gasteiger partial charge in [0, 0.05) is 12.2 Å². The zero-order valence-corrected chi connectivity index (χ0v) is 16.1. The number of aromatic nitrogens is 3. The Morgan fingerprint density at radius 1 is 1.08 bits per heavy atom. The molecule has 0 aliphatic carbocycles. The zero-order valence-electron chi connectivity index (χ0n) is 16.1. The van der Waals surface area contributed by atoms with E-state index in [4.69, 9.17) is 0 Å². The fourth-order valence-electron chi connectivity index (χ4n) is 2.66. The third-order valence-corrected chi connectivity index (χ3v) is 3.58. The summed E-state index contributed by atoms with van der Waals surface area (Å²) in [6, 6.07) is 1.92. The monoisotopic (exact) mass is 330 g/mol. The fourth-order valence-corrected chi connectivity index (χ4v) is 2.66. The van der Waals surface area contributed by atoms with Crippen molar-refractivity contribution < 1.29 is 4.79 Å². The average Bonchev–Trinajstić information content (AvgIpc) is 2.59. The van der Waals surface area contributed by atoms with Crippen molar-refractivity contribution in [1.82, 2.24) is 15.0 Å². The highest BCUT2D eigenvalue weighted by molar-refractivity contribution is 6.14. The average molecular weight is 330 g/mol.